The Kier molecular flexibility index (Phi) is 5.13. The van der Waals surface area contributed by atoms with Crippen molar-refractivity contribution in [2.24, 2.45) is 0 Å². The minimum Gasteiger partial charge on any atom is -0.399 e. The van der Waals surface area contributed by atoms with Gasteiger partial charge in [-0.3, -0.25) is 0 Å². The van der Waals surface area contributed by atoms with Crippen molar-refractivity contribution < 1.29 is 0 Å². The molecule has 4 aromatic rings. The van der Waals surface area contributed by atoms with Crippen LogP contribution in [0, 0.1) is 11.3 Å². The monoisotopic (exact) mass is 386 g/mol. The molecule has 1 unspecified atom stereocenters. The van der Waals surface area contributed by atoms with Crippen LogP contribution in [0.3, 0.4) is 0 Å². The molecule has 0 saturated heterocycles. The van der Waals surface area contributed by atoms with Crippen LogP contribution >= 0.6 is 11.3 Å². The molecule has 2 aromatic carbocycles. The van der Waals surface area contributed by atoms with Crippen LogP contribution in [0.4, 0.5) is 11.6 Å². The van der Waals surface area contributed by atoms with Gasteiger partial charge in [-0.1, -0.05) is 24.3 Å². The molecule has 1 atom stereocenters. The van der Waals surface area contributed by atoms with E-state index in [9.17, 15) is 5.26 Å². The predicted octanol–water partition coefficient (Wildman–Crippen LogP) is 3.98. The van der Waals surface area contributed by atoms with Crippen molar-refractivity contribution in [1.29, 1.82) is 5.26 Å². The van der Waals surface area contributed by atoms with Crippen LogP contribution in [0.25, 0.3) is 10.2 Å². The molecule has 0 amide bonds. The fourth-order valence-corrected chi connectivity index (χ4v) is 3.91. The van der Waals surface area contributed by atoms with Gasteiger partial charge in [-0.05, 0) is 42.3 Å². The van der Waals surface area contributed by atoms with Crippen molar-refractivity contribution in [3.05, 3.63) is 77.1 Å². The Morgan fingerprint density at radius 2 is 1.89 bits per heavy atom. The molecule has 138 valence electrons. The van der Waals surface area contributed by atoms with E-state index in [1.54, 1.807) is 12.3 Å². The van der Waals surface area contributed by atoms with Gasteiger partial charge in [-0.2, -0.15) is 5.26 Å². The zero-order valence-corrected chi connectivity index (χ0v) is 15.9. The highest BCUT2D eigenvalue weighted by molar-refractivity contribution is 7.18. The number of nitrogens with zero attached hydrogens (tertiary/aromatic N) is 4. The minimum absolute atomic E-state index is 0.509. The highest BCUT2D eigenvalue weighted by atomic mass is 32.1. The lowest BCUT2D eigenvalue weighted by Gasteiger charge is -2.09. The van der Waals surface area contributed by atoms with Gasteiger partial charge in [0.1, 0.15) is 10.9 Å². The molecule has 0 spiro atoms. The Balaban J connectivity index is 1.48. The molecule has 0 saturated carbocycles. The number of nitrogens with one attached hydrogen (secondary N) is 1. The SMILES string of the molecule is N#CC(c1ccnc(NCCc2ccc(N)cc2)n1)c1nc2ccccc2s1. The second kappa shape index (κ2) is 8.03. The summed E-state index contributed by atoms with van der Waals surface area (Å²) in [4.78, 5) is 13.4. The first-order valence-corrected chi connectivity index (χ1v) is 9.71. The van der Waals surface area contributed by atoms with E-state index in [4.69, 9.17) is 5.73 Å². The number of rotatable bonds is 6. The lowest BCUT2D eigenvalue weighted by Crippen LogP contribution is -2.10. The number of fused-ring (bicyclic) bond motifs is 1. The quantitative estimate of drug-likeness (QED) is 0.486. The molecule has 3 N–H and O–H groups in total. The van der Waals surface area contributed by atoms with Gasteiger partial charge in [-0.25, -0.2) is 15.0 Å². The van der Waals surface area contributed by atoms with Gasteiger partial charge in [0.15, 0.2) is 0 Å². The fourth-order valence-electron chi connectivity index (χ4n) is 2.88. The first-order valence-electron chi connectivity index (χ1n) is 8.89. The van der Waals surface area contributed by atoms with Crippen molar-refractivity contribution in [1.82, 2.24) is 15.0 Å². The number of nitriles is 1. The van der Waals surface area contributed by atoms with Crippen LogP contribution in [0.15, 0.2) is 60.8 Å². The molecule has 4 rings (SSSR count). The molecule has 0 fully saturated rings. The third-order valence-corrected chi connectivity index (χ3v) is 5.44. The maximum Gasteiger partial charge on any atom is 0.222 e. The molecule has 0 aliphatic heterocycles. The van der Waals surface area contributed by atoms with Gasteiger partial charge in [0.25, 0.3) is 0 Å². The Hall–Kier alpha value is -3.50. The summed E-state index contributed by atoms with van der Waals surface area (Å²) in [5, 5.41) is 13.7. The molecule has 0 bridgehead atoms. The van der Waals surface area contributed by atoms with Crippen LogP contribution in [0.5, 0.6) is 0 Å². The smallest absolute Gasteiger partial charge is 0.222 e. The van der Waals surface area contributed by atoms with Crippen LogP contribution < -0.4 is 11.1 Å². The first kappa shape index (κ1) is 17.9. The lowest BCUT2D eigenvalue weighted by atomic mass is 10.1. The third kappa shape index (κ3) is 3.92. The highest BCUT2D eigenvalue weighted by Crippen LogP contribution is 2.30. The zero-order valence-electron chi connectivity index (χ0n) is 15.0. The average molecular weight is 386 g/mol. The van der Waals surface area contributed by atoms with Crippen molar-refractivity contribution in [2.45, 2.75) is 12.3 Å². The second-order valence-electron chi connectivity index (χ2n) is 6.31. The standard InChI is InChI=1S/C21H18N6S/c22-13-16(20-26-18-3-1-2-4-19(18)28-20)17-10-12-25-21(27-17)24-11-9-14-5-7-15(23)8-6-14/h1-8,10,12,16H,9,11,23H2,(H,24,25,27). The second-order valence-corrected chi connectivity index (χ2v) is 7.37. The summed E-state index contributed by atoms with van der Waals surface area (Å²) in [7, 11) is 0. The first-order chi connectivity index (χ1) is 13.7. The molecule has 0 radical (unpaired) electrons. The van der Waals surface area contributed by atoms with Crippen LogP contribution in [-0.4, -0.2) is 21.5 Å². The summed E-state index contributed by atoms with van der Waals surface area (Å²) in [6.45, 7) is 0.686. The summed E-state index contributed by atoms with van der Waals surface area (Å²) < 4.78 is 1.06. The molecule has 28 heavy (non-hydrogen) atoms. The number of anilines is 2. The van der Waals surface area contributed by atoms with Gasteiger partial charge < -0.3 is 11.1 Å². The van der Waals surface area contributed by atoms with Gasteiger partial charge in [0, 0.05) is 18.4 Å². The highest BCUT2D eigenvalue weighted by Gasteiger charge is 2.20. The Labute approximate surface area is 166 Å². The van der Waals surface area contributed by atoms with E-state index >= 15 is 0 Å². The molecular weight excluding hydrogens is 368 g/mol. The molecule has 6 nitrogen and oxygen atoms in total. The van der Waals surface area contributed by atoms with E-state index in [0.717, 1.165) is 27.3 Å². The Bertz CT molecular complexity index is 1100. The largest absolute Gasteiger partial charge is 0.399 e. The lowest BCUT2D eigenvalue weighted by molar-refractivity contribution is 0.917. The normalized spacial score (nSPS) is 11.8. The van der Waals surface area contributed by atoms with Crippen LogP contribution in [-0.2, 0) is 6.42 Å². The summed E-state index contributed by atoms with van der Waals surface area (Å²) in [5.74, 6) is -0.00708. The van der Waals surface area contributed by atoms with Crippen LogP contribution in [0.2, 0.25) is 0 Å². The van der Waals surface area contributed by atoms with E-state index in [-0.39, 0.29) is 0 Å². The molecule has 0 aliphatic rings. The van der Waals surface area contributed by atoms with E-state index < -0.39 is 5.92 Å². The van der Waals surface area contributed by atoms with E-state index in [2.05, 4.69) is 26.3 Å². The van der Waals surface area contributed by atoms with Crippen LogP contribution in [0.1, 0.15) is 22.2 Å². The van der Waals surface area contributed by atoms with E-state index in [1.165, 1.54) is 16.9 Å². The zero-order chi connectivity index (χ0) is 19.3. The van der Waals surface area contributed by atoms with Gasteiger partial charge in [0.2, 0.25) is 5.95 Å². The molecule has 7 heteroatoms. The number of nitrogens with two attached hydrogens (primary N) is 1. The van der Waals surface area contributed by atoms with Gasteiger partial charge in [-0.15, -0.1) is 11.3 Å². The van der Waals surface area contributed by atoms with Gasteiger partial charge in [0.05, 0.1) is 22.0 Å². The molecule has 2 heterocycles. The van der Waals surface area contributed by atoms with Crippen molar-refractivity contribution >= 4 is 33.2 Å². The topological polar surface area (TPSA) is 101 Å². The van der Waals surface area contributed by atoms with E-state index in [0.29, 0.717) is 18.2 Å². The number of hydrogen-bond acceptors (Lipinski definition) is 7. The fraction of sp³-hybridized carbons (Fsp3) is 0.143. The number of para-hydroxylation sites is 1. The maximum absolute atomic E-state index is 9.72. The number of hydrogen-bond donors (Lipinski definition) is 2. The van der Waals surface area contributed by atoms with Crippen molar-refractivity contribution in [2.75, 3.05) is 17.6 Å². The minimum atomic E-state index is -0.516. The maximum atomic E-state index is 9.72. The summed E-state index contributed by atoms with van der Waals surface area (Å²) >= 11 is 1.52. The number of thiazole rings is 1. The molecular formula is C21H18N6S. The Morgan fingerprint density at radius 1 is 1.07 bits per heavy atom. The third-order valence-electron chi connectivity index (χ3n) is 4.34. The predicted molar refractivity (Wildman–Crippen MR) is 112 cm³/mol. The van der Waals surface area contributed by atoms with E-state index in [1.807, 2.05) is 48.5 Å². The summed E-state index contributed by atoms with van der Waals surface area (Å²) in [6.07, 6.45) is 2.50. The Morgan fingerprint density at radius 3 is 2.68 bits per heavy atom. The molecule has 2 aromatic heterocycles. The average Bonchev–Trinajstić information content (AvgIpc) is 3.14. The summed E-state index contributed by atoms with van der Waals surface area (Å²) in [5.41, 5.74) is 9.19. The van der Waals surface area contributed by atoms with Crippen molar-refractivity contribution in [3.63, 3.8) is 0 Å². The van der Waals surface area contributed by atoms with Crippen molar-refractivity contribution in [3.8, 4) is 6.07 Å². The van der Waals surface area contributed by atoms with Gasteiger partial charge >= 0.3 is 0 Å². The molecule has 0 aliphatic carbocycles. The summed E-state index contributed by atoms with van der Waals surface area (Å²) in [6, 6.07) is 19.8. The number of nitrogen functional groups attached to an aromatic ring is 1. The number of benzene rings is 2. The number of aromatic nitrogens is 3.